The van der Waals surface area contributed by atoms with Crippen LogP contribution in [0.15, 0.2) is 24.8 Å². The van der Waals surface area contributed by atoms with Crippen molar-refractivity contribution in [2.45, 2.75) is 26.2 Å². The summed E-state index contributed by atoms with van der Waals surface area (Å²) in [6.07, 6.45) is 9.26. The first-order valence-corrected chi connectivity index (χ1v) is 6.92. The second kappa shape index (κ2) is 7.00. The molecule has 0 saturated heterocycles. The molecule has 0 aromatic carbocycles. The van der Waals surface area contributed by atoms with Crippen LogP contribution < -0.4 is 5.32 Å². The minimum Gasteiger partial charge on any atom is -0.396 e. The summed E-state index contributed by atoms with van der Waals surface area (Å²) in [6, 6.07) is 0. The van der Waals surface area contributed by atoms with Crippen LogP contribution in [0, 0.1) is 5.92 Å². The summed E-state index contributed by atoms with van der Waals surface area (Å²) >= 11 is 0. The molecule has 0 bridgehead atoms. The van der Waals surface area contributed by atoms with Crippen molar-refractivity contribution in [2.24, 2.45) is 5.92 Å². The van der Waals surface area contributed by atoms with Gasteiger partial charge in [-0.15, -0.1) is 0 Å². The minimum absolute atomic E-state index is 0.146. The Balaban J connectivity index is 2.01. The summed E-state index contributed by atoms with van der Waals surface area (Å²) in [4.78, 5) is 16.2. The number of carbonyl (C=O) groups is 1. The Hall–Kier alpha value is -1.95. The largest absolute Gasteiger partial charge is 0.396 e. The van der Waals surface area contributed by atoms with Crippen LogP contribution in [-0.4, -0.2) is 38.8 Å². The molecular weight excluding hydrogens is 256 g/mol. The lowest BCUT2D eigenvalue weighted by Crippen LogP contribution is -2.29. The number of fused-ring (bicyclic) bond motifs is 1. The molecule has 1 unspecified atom stereocenters. The predicted octanol–water partition coefficient (Wildman–Crippen LogP) is 1.26. The summed E-state index contributed by atoms with van der Waals surface area (Å²) in [6.45, 7) is 2.83. The van der Waals surface area contributed by atoms with Crippen LogP contribution in [0.3, 0.4) is 0 Å². The molecule has 0 fully saturated rings. The SMILES string of the molecule is CCCC(CCO)CNC(=O)c1cnn2ccncc12. The van der Waals surface area contributed by atoms with Crippen molar-refractivity contribution in [1.82, 2.24) is 19.9 Å². The smallest absolute Gasteiger partial charge is 0.255 e. The van der Waals surface area contributed by atoms with Gasteiger partial charge in [0.1, 0.15) is 0 Å². The fraction of sp³-hybridized carbons (Fsp3) is 0.500. The molecule has 0 aliphatic rings. The van der Waals surface area contributed by atoms with Gasteiger partial charge in [-0.1, -0.05) is 13.3 Å². The number of aliphatic hydroxyl groups excluding tert-OH is 1. The predicted molar refractivity (Wildman–Crippen MR) is 75.4 cm³/mol. The number of hydrogen-bond donors (Lipinski definition) is 2. The Labute approximate surface area is 117 Å². The van der Waals surface area contributed by atoms with Gasteiger partial charge in [0, 0.05) is 25.5 Å². The Morgan fingerprint density at radius 1 is 1.45 bits per heavy atom. The van der Waals surface area contributed by atoms with Crippen LogP contribution in [0.1, 0.15) is 36.5 Å². The van der Waals surface area contributed by atoms with E-state index in [2.05, 4.69) is 22.3 Å². The fourth-order valence-electron chi connectivity index (χ4n) is 2.28. The number of aliphatic hydroxyl groups is 1. The van der Waals surface area contributed by atoms with Crippen molar-refractivity contribution in [3.63, 3.8) is 0 Å². The molecule has 0 saturated carbocycles. The third kappa shape index (κ3) is 3.33. The van der Waals surface area contributed by atoms with E-state index < -0.39 is 0 Å². The van der Waals surface area contributed by atoms with E-state index in [4.69, 9.17) is 5.11 Å². The molecule has 0 spiro atoms. The maximum Gasteiger partial charge on any atom is 0.255 e. The Morgan fingerprint density at radius 2 is 2.30 bits per heavy atom. The van der Waals surface area contributed by atoms with Crippen LogP contribution in [0.5, 0.6) is 0 Å². The average Bonchev–Trinajstić information content (AvgIpc) is 2.89. The first-order chi connectivity index (χ1) is 9.76. The highest BCUT2D eigenvalue weighted by Crippen LogP contribution is 2.11. The van der Waals surface area contributed by atoms with E-state index in [9.17, 15) is 4.79 Å². The fourth-order valence-corrected chi connectivity index (χ4v) is 2.28. The van der Waals surface area contributed by atoms with E-state index in [1.54, 1.807) is 29.3 Å². The van der Waals surface area contributed by atoms with Crippen LogP contribution in [0.2, 0.25) is 0 Å². The zero-order valence-corrected chi connectivity index (χ0v) is 11.6. The molecule has 108 valence electrons. The summed E-state index contributed by atoms with van der Waals surface area (Å²) in [5, 5.41) is 16.1. The third-order valence-electron chi connectivity index (χ3n) is 3.35. The van der Waals surface area contributed by atoms with Crippen molar-refractivity contribution in [2.75, 3.05) is 13.2 Å². The molecule has 6 heteroatoms. The summed E-state index contributed by atoms with van der Waals surface area (Å²) in [5.41, 5.74) is 1.22. The molecule has 0 aliphatic carbocycles. The topological polar surface area (TPSA) is 79.5 Å². The number of rotatable bonds is 7. The van der Waals surface area contributed by atoms with Crippen molar-refractivity contribution in [1.29, 1.82) is 0 Å². The molecule has 2 aromatic rings. The monoisotopic (exact) mass is 276 g/mol. The van der Waals surface area contributed by atoms with E-state index >= 15 is 0 Å². The van der Waals surface area contributed by atoms with Gasteiger partial charge in [0.05, 0.1) is 23.5 Å². The van der Waals surface area contributed by atoms with Gasteiger partial charge in [-0.3, -0.25) is 9.78 Å². The number of amides is 1. The van der Waals surface area contributed by atoms with Crippen molar-refractivity contribution >= 4 is 11.4 Å². The maximum atomic E-state index is 12.2. The number of nitrogens with one attached hydrogen (secondary N) is 1. The van der Waals surface area contributed by atoms with Gasteiger partial charge in [-0.25, -0.2) is 4.52 Å². The van der Waals surface area contributed by atoms with Crippen LogP contribution >= 0.6 is 0 Å². The van der Waals surface area contributed by atoms with E-state index in [0.29, 0.717) is 30.0 Å². The summed E-state index contributed by atoms with van der Waals surface area (Å²) in [7, 11) is 0. The van der Waals surface area contributed by atoms with Crippen LogP contribution in [0.25, 0.3) is 5.52 Å². The Bertz CT molecular complexity index is 561. The van der Waals surface area contributed by atoms with Crippen molar-refractivity contribution in [3.8, 4) is 0 Å². The second-order valence-corrected chi connectivity index (χ2v) is 4.84. The lowest BCUT2D eigenvalue weighted by Gasteiger charge is -2.15. The van der Waals surface area contributed by atoms with Crippen LogP contribution in [0.4, 0.5) is 0 Å². The molecule has 0 aliphatic heterocycles. The lowest BCUT2D eigenvalue weighted by atomic mass is 10.0. The molecule has 1 amide bonds. The normalized spacial score (nSPS) is 12.5. The van der Waals surface area contributed by atoms with Crippen molar-refractivity contribution in [3.05, 3.63) is 30.4 Å². The Kier molecular flexibility index (Phi) is 5.06. The van der Waals surface area contributed by atoms with E-state index in [1.165, 1.54) is 0 Å². The van der Waals surface area contributed by atoms with E-state index in [1.807, 2.05) is 0 Å². The van der Waals surface area contributed by atoms with Gasteiger partial charge in [0.2, 0.25) is 0 Å². The molecule has 6 nitrogen and oxygen atoms in total. The highest BCUT2D eigenvalue weighted by Gasteiger charge is 2.14. The molecule has 0 radical (unpaired) electrons. The molecule has 2 aromatic heterocycles. The zero-order valence-electron chi connectivity index (χ0n) is 11.6. The van der Waals surface area contributed by atoms with Gasteiger partial charge in [-0.2, -0.15) is 5.10 Å². The van der Waals surface area contributed by atoms with Gasteiger partial charge < -0.3 is 10.4 Å². The molecule has 2 rings (SSSR count). The maximum absolute atomic E-state index is 12.2. The average molecular weight is 276 g/mol. The van der Waals surface area contributed by atoms with Gasteiger partial charge >= 0.3 is 0 Å². The lowest BCUT2D eigenvalue weighted by molar-refractivity contribution is 0.0944. The zero-order chi connectivity index (χ0) is 14.4. The van der Waals surface area contributed by atoms with Crippen LogP contribution in [-0.2, 0) is 0 Å². The number of carbonyl (C=O) groups excluding carboxylic acids is 1. The van der Waals surface area contributed by atoms with E-state index in [-0.39, 0.29) is 12.5 Å². The molecule has 2 heterocycles. The highest BCUT2D eigenvalue weighted by atomic mass is 16.3. The minimum atomic E-state index is -0.146. The number of hydrogen-bond acceptors (Lipinski definition) is 4. The third-order valence-corrected chi connectivity index (χ3v) is 3.35. The molecule has 1 atom stereocenters. The quantitative estimate of drug-likeness (QED) is 0.798. The summed E-state index contributed by atoms with van der Waals surface area (Å²) < 4.78 is 1.62. The van der Waals surface area contributed by atoms with Gasteiger partial charge in [-0.05, 0) is 18.8 Å². The number of aromatic nitrogens is 3. The van der Waals surface area contributed by atoms with Gasteiger partial charge in [0.25, 0.3) is 5.91 Å². The van der Waals surface area contributed by atoms with E-state index in [0.717, 1.165) is 12.8 Å². The molecular formula is C14H20N4O2. The van der Waals surface area contributed by atoms with Crippen molar-refractivity contribution < 1.29 is 9.90 Å². The Morgan fingerprint density at radius 3 is 3.05 bits per heavy atom. The molecule has 2 N–H and O–H groups in total. The first-order valence-electron chi connectivity index (χ1n) is 6.92. The second-order valence-electron chi connectivity index (χ2n) is 4.84. The number of nitrogens with zero attached hydrogens (tertiary/aromatic N) is 3. The summed E-state index contributed by atoms with van der Waals surface area (Å²) in [5.74, 6) is 0.168. The van der Waals surface area contributed by atoms with Gasteiger partial charge in [0.15, 0.2) is 0 Å². The first kappa shape index (κ1) is 14.5. The molecule has 20 heavy (non-hydrogen) atoms. The standard InChI is InChI=1S/C14H20N4O2/c1-2-3-11(4-7-19)8-16-14(20)12-9-17-18-6-5-15-10-13(12)18/h5-6,9-11,19H,2-4,7-8H2,1H3,(H,16,20). The highest BCUT2D eigenvalue weighted by molar-refractivity contribution is 6.00.